The molecule has 1 amide bonds. The number of carbonyl (C=O) groups excluding carboxylic acids is 1. The summed E-state index contributed by atoms with van der Waals surface area (Å²) in [6, 6.07) is 9.23. The van der Waals surface area contributed by atoms with E-state index in [0.717, 1.165) is 12.1 Å². The summed E-state index contributed by atoms with van der Waals surface area (Å²) in [5.74, 6) is -1.49. The topological polar surface area (TPSA) is 61.8 Å². The Balaban J connectivity index is 1.52. The van der Waals surface area contributed by atoms with E-state index in [0.29, 0.717) is 37.2 Å². The second-order valence-electron chi connectivity index (χ2n) is 7.06. The fraction of sp³-hybridized carbons (Fsp3) is 0.381. The van der Waals surface area contributed by atoms with E-state index in [2.05, 4.69) is 5.32 Å². The summed E-state index contributed by atoms with van der Waals surface area (Å²) in [6.45, 7) is 0.540. The molecule has 1 saturated heterocycles. The van der Waals surface area contributed by atoms with Crippen molar-refractivity contribution in [2.75, 3.05) is 24.6 Å². The molecule has 0 spiro atoms. The van der Waals surface area contributed by atoms with Gasteiger partial charge in [-0.05, 0) is 42.7 Å². The first-order valence-corrected chi connectivity index (χ1v) is 9.51. The molecule has 0 bridgehead atoms. The van der Waals surface area contributed by atoms with Crippen LogP contribution in [0, 0.1) is 5.82 Å². The number of anilines is 1. The van der Waals surface area contributed by atoms with Gasteiger partial charge in [-0.2, -0.15) is 13.2 Å². The number of hydrogen-bond acceptors (Lipinski definition) is 4. The zero-order valence-electron chi connectivity index (χ0n) is 16.1. The summed E-state index contributed by atoms with van der Waals surface area (Å²) >= 11 is 0. The Labute approximate surface area is 171 Å². The maximum Gasteiger partial charge on any atom is 0.419 e. The Bertz CT molecular complexity index is 881. The van der Waals surface area contributed by atoms with Crippen molar-refractivity contribution in [1.29, 1.82) is 0 Å². The second kappa shape index (κ2) is 9.34. The van der Waals surface area contributed by atoms with Crippen molar-refractivity contribution in [3.8, 4) is 5.75 Å². The Morgan fingerprint density at radius 3 is 2.53 bits per heavy atom. The molecule has 1 aliphatic rings. The van der Waals surface area contributed by atoms with Crippen LogP contribution in [-0.4, -0.2) is 36.8 Å². The lowest BCUT2D eigenvalue weighted by molar-refractivity contribution is -0.139. The van der Waals surface area contributed by atoms with E-state index in [-0.39, 0.29) is 12.6 Å². The molecule has 0 aliphatic carbocycles. The molecule has 0 atom stereocenters. The molecule has 2 aromatic carbocycles. The number of rotatable bonds is 6. The summed E-state index contributed by atoms with van der Waals surface area (Å²) in [4.78, 5) is 13.8. The zero-order valence-corrected chi connectivity index (χ0v) is 16.1. The largest absolute Gasteiger partial charge is 0.483 e. The van der Waals surface area contributed by atoms with Crippen LogP contribution < -0.4 is 15.0 Å². The average molecular weight is 426 g/mol. The number of piperidine rings is 1. The van der Waals surface area contributed by atoms with Crippen molar-refractivity contribution in [2.45, 2.75) is 31.7 Å². The molecular formula is C21H22F4N2O3. The predicted molar refractivity (Wildman–Crippen MR) is 103 cm³/mol. The number of aliphatic hydroxyl groups excluding tert-OH is 1. The van der Waals surface area contributed by atoms with E-state index in [4.69, 9.17) is 4.74 Å². The number of nitrogens with one attached hydrogen (secondary N) is 1. The third-order valence-corrected chi connectivity index (χ3v) is 4.86. The molecule has 2 aromatic rings. The van der Waals surface area contributed by atoms with Crippen LogP contribution in [0.4, 0.5) is 23.2 Å². The highest BCUT2D eigenvalue weighted by Gasteiger charge is 2.34. The van der Waals surface area contributed by atoms with Gasteiger partial charge in [-0.15, -0.1) is 0 Å². The normalized spacial score (nSPS) is 15.2. The van der Waals surface area contributed by atoms with Gasteiger partial charge in [0.2, 0.25) is 0 Å². The molecule has 0 radical (unpaired) electrons. The lowest BCUT2D eigenvalue weighted by Crippen LogP contribution is -2.36. The van der Waals surface area contributed by atoms with E-state index >= 15 is 0 Å². The average Bonchev–Trinajstić information content (AvgIpc) is 2.71. The van der Waals surface area contributed by atoms with E-state index < -0.39 is 35.8 Å². The molecule has 1 heterocycles. The van der Waals surface area contributed by atoms with Crippen molar-refractivity contribution in [3.63, 3.8) is 0 Å². The molecule has 0 saturated carbocycles. The minimum atomic E-state index is -4.58. The lowest BCUT2D eigenvalue weighted by atomic mass is 10.1. The predicted octanol–water partition coefficient (Wildman–Crippen LogP) is 3.50. The summed E-state index contributed by atoms with van der Waals surface area (Å²) in [7, 11) is 0. The number of halogens is 4. The maximum atomic E-state index is 14.4. The summed E-state index contributed by atoms with van der Waals surface area (Å²) in [6.07, 6.45) is -3.79. The molecule has 3 rings (SSSR count). The van der Waals surface area contributed by atoms with Crippen LogP contribution in [0.1, 0.15) is 24.0 Å². The summed E-state index contributed by atoms with van der Waals surface area (Å²) in [5.41, 5.74) is -0.0119. The minimum absolute atomic E-state index is 0.0129. The first-order chi connectivity index (χ1) is 14.2. The molecule has 0 aromatic heterocycles. The number of carbonyl (C=O) groups is 1. The monoisotopic (exact) mass is 426 g/mol. The van der Waals surface area contributed by atoms with E-state index in [1.54, 1.807) is 12.1 Å². The minimum Gasteiger partial charge on any atom is -0.483 e. The molecule has 1 fully saturated rings. The number of benzene rings is 2. The van der Waals surface area contributed by atoms with Gasteiger partial charge in [-0.3, -0.25) is 4.79 Å². The van der Waals surface area contributed by atoms with Crippen LogP contribution in [0.3, 0.4) is 0 Å². The summed E-state index contributed by atoms with van der Waals surface area (Å²) in [5, 5.41) is 12.1. The van der Waals surface area contributed by atoms with Crippen LogP contribution in [-0.2, 0) is 17.5 Å². The highest BCUT2D eigenvalue weighted by molar-refractivity contribution is 5.77. The summed E-state index contributed by atoms with van der Waals surface area (Å²) < 4.78 is 58.2. The number of ether oxygens (including phenoxy) is 1. The third-order valence-electron chi connectivity index (χ3n) is 4.86. The van der Waals surface area contributed by atoms with Crippen molar-refractivity contribution in [3.05, 3.63) is 59.4 Å². The van der Waals surface area contributed by atoms with Crippen molar-refractivity contribution < 1.29 is 32.2 Å². The lowest BCUT2D eigenvalue weighted by Gasteiger charge is -2.31. The Morgan fingerprint density at radius 1 is 1.17 bits per heavy atom. The second-order valence-corrected chi connectivity index (χ2v) is 7.06. The highest BCUT2D eigenvalue weighted by atomic mass is 19.4. The third kappa shape index (κ3) is 5.63. The van der Waals surface area contributed by atoms with Gasteiger partial charge in [-0.25, -0.2) is 4.39 Å². The Kier molecular flexibility index (Phi) is 6.81. The smallest absolute Gasteiger partial charge is 0.419 e. The molecule has 0 unspecified atom stereocenters. The Hall–Kier alpha value is -2.81. The SMILES string of the molecule is O=C(COc1ccccc1C(F)(F)F)NCc1ccc(N2CCC(O)CC2)c(F)c1. The van der Waals surface area contributed by atoms with Crippen LogP contribution in [0.15, 0.2) is 42.5 Å². The Morgan fingerprint density at radius 2 is 1.87 bits per heavy atom. The van der Waals surface area contributed by atoms with E-state index in [9.17, 15) is 27.5 Å². The van der Waals surface area contributed by atoms with Crippen LogP contribution in [0.5, 0.6) is 5.75 Å². The molecule has 5 nitrogen and oxygen atoms in total. The number of amides is 1. The van der Waals surface area contributed by atoms with Crippen LogP contribution in [0.25, 0.3) is 0 Å². The van der Waals surface area contributed by atoms with Gasteiger partial charge in [0.25, 0.3) is 5.91 Å². The van der Waals surface area contributed by atoms with Crippen LogP contribution >= 0.6 is 0 Å². The van der Waals surface area contributed by atoms with Crippen molar-refractivity contribution in [2.24, 2.45) is 0 Å². The fourth-order valence-electron chi connectivity index (χ4n) is 3.25. The van der Waals surface area contributed by atoms with Gasteiger partial charge in [0, 0.05) is 19.6 Å². The number of hydrogen-bond donors (Lipinski definition) is 2. The van der Waals surface area contributed by atoms with E-state index in [1.807, 2.05) is 4.90 Å². The number of para-hydroxylation sites is 1. The first-order valence-electron chi connectivity index (χ1n) is 9.51. The van der Waals surface area contributed by atoms with Crippen LogP contribution in [0.2, 0.25) is 0 Å². The maximum absolute atomic E-state index is 14.4. The standard InChI is InChI=1S/C21H22F4N2O3/c22-17-11-14(5-6-18(17)27-9-7-15(28)8-10-27)12-26-20(29)13-30-19-4-2-1-3-16(19)21(23,24)25/h1-6,11,15,28H,7-10,12-13H2,(H,26,29). The number of aliphatic hydroxyl groups is 1. The molecule has 30 heavy (non-hydrogen) atoms. The quantitative estimate of drug-likeness (QED) is 0.695. The fourth-order valence-corrected chi connectivity index (χ4v) is 3.25. The van der Waals surface area contributed by atoms with Gasteiger partial charge in [0.15, 0.2) is 6.61 Å². The molecule has 9 heteroatoms. The number of nitrogens with zero attached hydrogens (tertiary/aromatic N) is 1. The van der Waals surface area contributed by atoms with E-state index in [1.165, 1.54) is 18.2 Å². The first kappa shape index (κ1) is 21.9. The molecular weight excluding hydrogens is 404 g/mol. The van der Waals surface area contributed by atoms with Crippen molar-refractivity contribution >= 4 is 11.6 Å². The van der Waals surface area contributed by atoms with Gasteiger partial charge < -0.3 is 20.1 Å². The van der Waals surface area contributed by atoms with Gasteiger partial charge in [0.1, 0.15) is 11.6 Å². The molecule has 1 aliphatic heterocycles. The van der Waals surface area contributed by atoms with Crippen molar-refractivity contribution in [1.82, 2.24) is 5.32 Å². The van der Waals surface area contributed by atoms with Gasteiger partial charge >= 0.3 is 6.18 Å². The molecule has 2 N–H and O–H groups in total. The molecule has 162 valence electrons. The highest BCUT2D eigenvalue weighted by Crippen LogP contribution is 2.35. The zero-order chi connectivity index (χ0) is 21.7. The number of alkyl halides is 3. The van der Waals surface area contributed by atoms with Gasteiger partial charge in [-0.1, -0.05) is 18.2 Å². The van der Waals surface area contributed by atoms with Gasteiger partial charge in [0.05, 0.1) is 17.4 Å².